The van der Waals surface area contributed by atoms with E-state index in [2.05, 4.69) is 4.72 Å². The molecule has 0 radical (unpaired) electrons. The molecule has 1 atom stereocenters. The molecule has 24 heavy (non-hydrogen) atoms. The molecule has 8 heteroatoms. The number of nitrogens with one attached hydrogen (secondary N) is 1. The summed E-state index contributed by atoms with van der Waals surface area (Å²) in [4.78, 5) is -0.661. The van der Waals surface area contributed by atoms with Gasteiger partial charge in [-0.05, 0) is 29.0 Å². The number of sulfonamides is 1. The molecule has 1 heterocycles. The van der Waals surface area contributed by atoms with Gasteiger partial charge in [0.1, 0.15) is 16.5 Å². The summed E-state index contributed by atoms with van der Waals surface area (Å²) >= 11 is 1.44. The first-order valence-electron chi connectivity index (χ1n) is 6.97. The Labute approximate surface area is 141 Å². The van der Waals surface area contributed by atoms with E-state index in [-0.39, 0.29) is 6.54 Å². The molecule has 1 unspecified atom stereocenters. The van der Waals surface area contributed by atoms with Crippen LogP contribution in [0.3, 0.4) is 0 Å². The number of hydrogen-bond donors (Lipinski definition) is 2. The van der Waals surface area contributed by atoms with Gasteiger partial charge in [0.2, 0.25) is 10.0 Å². The van der Waals surface area contributed by atoms with Crippen LogP contribution >= 0.6 is 11.3 Å². The van der Waals surface area contributed by atoms with Gasteiger partial charge in [-0.3, -0.25) is 0 Å². The highest BCUT2D eigenvalue weighted by atomic mass is 32.2. The molecule has 0 aliphatic heterocycles. The lowest BCUT2D eigenvalue weighted by molar-refractivity contribution is 0.184. The van der Waals surface area contributed by atoms with Crippen molar-refractivity contribution in [2.75, 3.05) is 6.54 Å². The van der Waals surface area contributed by atoms with Crippen LogP contribution in [0.2, 0.25) is 0 Å². The highest BCUT2D eigenvalue weighted by Crippen LogP contribution is 2.30. The molecule has 0 aliphatic rings. The van der Waals surface area contributed by atoms with Crippen molar-refractivity contribution in [3.63, 3.8) is 0 Å². The molecule has 0 fully saturated rings. The number of benzene rings is 2. The number of thiophene rings is 1. The maximum absolute atomic E-state index is 13.6. The van der Waals surface area contributed by atoms with Gasteiger partial charge in [0, 0.05) is 22.9 Å². The van der Waals surface area contributed by atoms with Gasteiger partial charge in [0.25, 0.3) is 0 Å². The molecule has 0 aliphatic carbocycles. The summed E-state index contributed by atoms with van der Waals surface area (Å²) in [6.07, 6.45) is -1.08. The standard InChI is InChI=1S/C16H13F2NO3S2/c17-10-5-6-16(13(18)7-10)24(21,22)19-8-14(20)12-9-23-15-4-2-1-3-11(12)15/h1-7,9,14,19-20H,8H2. The van der Waals surface area contributed by atoms with Crippen molar-refractivity contribution in [3.8, 4) is 0 Å². The smallest absolute Gasteiger partial charge is 0.243 e. The third kappa shape index (κ3) is 3.32. The Balaban J connectivity index is 1.79. The number of hydrogen-bond acceptors (Lipinski definition) is 4. The summed E-state index contributed by atoms with van der Waals surface area (Å²) in [6.45, 7) is -0.320. The van der Waals surface area contributed by atoms with Crippen LogP contribution in [0.1, 0.15) is 11.7 Å². The Bertz CT molecular complexity index is 986. The van der Waals surface area contributed by atoms with Gasteiger partial charge in [0.05, 0.1) is 6.10 Å². The predicted molar refractivity (Wildman–Crippen MR) is 88.3 cm³/mol. The van der Waals surface area contributed by atoms with Crippen LogP contribution in [-0.2, 0) is 10.0 Å². The van der Waals surface area contributed by atoms with E-state index in [9.17, 15) is 22.3 Å². The minimum absolute atomic E-state index is 0.320. The lowest BCUT2D eigenvalue weighted by Crippen LogP contribution is -2.29. The van der Waals surface area contributed by atoms with Crippen LogP contribution in [0.4, 0.5) is 8.78 Å². The molecule has 1 aromatic heterocycles. The lowest BCUT2D eigenvalue weighted by Gasteiger charge is -2.12. The highest BCUT2D eigenvalue weighted by molar-refractivity contribution is 7.89. The van der Waals surface area contributed by atoms with E-state index in [4.69, 9.17) is 0 Å². The van der Waals surface area contributed by atoms with Crippen LogP contribution in [0.5, 0.6) is 0 Å². The Kier molecular flexibility index (Phi) is 4.64. The van der Waals surface area contributed by atoms with Crippen LogP contribution in [0, 0.1) is 11.6 Å². The first kappa shape index (κ1) is 17.0. The van der Waals surface area contributed by atoms with E-state index in [0.29, 0.717) is 11.6 Å². The van der Waals surface area contributed by atoms with Crippen molar-refractivity contribution in [1.29, 1.82) is 0 Å². The van der Waals surface area contributed by atoms with Gasteiger partial charge in [-0.2, -0.15) is 0 Å². The van der Waals surface area contributed by atoms with E-state index in [0.717, 1.165) is 22.2 Å². The number of aliphatic hydroxyl groups excluding tert-OH is 1. The third-order valence-corrected chi connectivity index (χ3v) is 5.96. The minimum atomic E-state index is -4.20. The summed E-state index contributed by atoms with van der Waals surface area (Å²) in [5.74, 6) is -2.05. The largest absolute Gasteiger partial charge is 0.387 e. The van der Waals surface area contributed by atoms with Gasteiger partial charge in [0.15, 0.2) is 0 Å². The van der Waals surface area contributed by atoms with Gasteiger partial charge < -0.3 is 5.11 Å². The molecule has 2 aromatic carbocycles. The Morgan fingerprint density at radius 1 is 1.17 bits per heavy atom. The minimum Gasteiger partial charge on any atom is -0.387 e. The topological polar surface area (TPSA) is 66.4 Å². The first-order chi connectivity index (χ1) is 11.4. The lowest BCUT2D eigenvalue weighted by atomic mass is 10.1. The van der Waals surface area contributed by atoms with Crippen molar-refractivity contribution in [2.24, 2.45) is 0 Å². The Morgan fingerprint density at radius 2 is 1.92 bits per heavy atom. The van der Waals surface area contributed by atoms with Crippen molar-refractivity contribution >= 4 is 31.4 Å². The van der Waals surface area contributed by atoms with E-state index in [1.54, 1.807) is 5.38 Å². The zero-order valence-corrected chi connectivity index (χ0v) is 13.9. The summed E-state index contributed by atoms with van der Waals surface area (Å²) in [6, 6.07) is 9.63. The number of aliphatic hydroxyl groups is 1. The van der Waals surface area contributed by atoms with Crippen LogP contribution in [0.25, 0.3) is 10.1 Å². The fourth-order valence-electron chi connectivity index (χ4n) is 2.33. The first-order valence-corrected chi connectivity index (χ1v) is 9.33. The van der Waals surface area contributed by atoms with Crippen LogP contribution < -0.4 is 4.72 Å². The van der Waals surface area contributed by atoms with Crippen LogP contribution in [-0.4, -0.2) is 20.1 Å². The molecule has 0 saturated heterocycles. The molecule has 126 valence electrons. The molecule has 3 rings (SSSR count). The number of halogens is 2. The number of fused-ring (bicyclic) bond motifs is 1. The summed E-state index contributed by atoms with van der Waals surface area (Å²) in [5.41, 5.74) is 0.595. The average Bonchev–Trinajstić information content (AvgIpc) is 2.96. The summed E-state index contributed by atoms with van der Waals surface area (Å²) in [5, 5.41) is 12.8. The van der Waals surface area contributed by atoms with E-state index >= 15 is 0 Å². The van der Waals surface area contributed by atoms with Crippen molar-refractivity contribution in [2.45, 2.75) is 11.0 Å². The highest BCUT2D eigenvalue weighted by Gasteiger charge is 2.22. The molecule has 0 bridgehead atoms. The maximum Gasteiger partial charge on any atom is 0.243 e. The predicted octanol–water partition coefficient (Wildman–Crippen LogP) is 3.19. The molecule has 0 spiro atoms. The normalized spacial score (nSPS) is 13.3. The zero-order chi connectivity index (χ0) is 17.3. The van der Waals surface area contributed by atoms with Gasteiger partial charge in [-0.15, -0.1) is 11.3 Å². The molecule has 2 N–H and O–H groups in total. The quantitative estimate of drug-likeness (QED) is 0.726. The second-order valence-corrected chi connectivity index (χ2v) is 7.78. The second kappa shape index (κ2) is 6.56. The molecular formula is C16H13F2NO3S2. The Morgan fingerprint density at radius 3 is 2.67 bits per heavy atom. The number of rotatable bonds is 5. The summed E-state index contributed by atoms with van der Waals surface area (Å²) in [7, 11) is -4.20. The molecule has 4 nitrogen and oxygen atoms in total. The molecule has 0 saturated carbocycles. The fraction of sp³-hybridized carbons (Fsp3) is 0.125. The van der Waals surface area contributed by atoms with Crippen molar-refractivity contribution in [3.05, 3.63) is 65.0 Å². The SMILES string of the molecule is O=S(=O)(NCC(O)c1csc2ccccc12)c1ccc(F)cc1F. The average molecular weight is 369 g/mol. The molecule has 3 aromatic rings. The van der Waals surface area contributed by atoms with Crippen molar-refractivity contribution in [1.82, 2.24) is 4.72 Å². The van der Waals surface area contributed by atoms with Gasteiger partial charge in [-0.25, -0.2) is 21.9 Å². The maximum atomic E-state index is 13.6. The summed E-state index contributed by atoms with van der Waals surface area (Å²) < 4.78 is 53.9. The third-order valence-electron chi connectivity index (χ3n) is 3.52. The van der Waals surface area contributed by atoms with E-state index in [1.165, 1.54) is 11.3 Å². The molecular weight excluding hydrogens is 356 g/mol. The second-order valence-electron chi connectivity index (χ2n) is 5.13. The van der Waals surface area contributed by atoms with Crippen LogP contribution in [0.15, 0.2) is 52.7 Å². The van der Waals surface area contributed by atoms with Crippen molar-refractivity contribution < 1.29 is 22.3 Å². The van der Waals surface area contributed by atoms with E-state index in [1.807, 2.05) is 24.3 Å². The van der Waals surface area contributed by atoms with E-state index < -0.39 is 32.7 Å². The fourth-order valence-corrected chi connectivity index (χ4v) is 4.43. The zero-order valence-electron chi connectivity index (χ0n) is 12.2. The van der Waals surface area contributed by atoms with Gasteiger partial charge >= 0.3 is 0 Å². The monoisotopic (exact) mass is 369 g/mol. The van der Waals surface area contributed by atoms with Gasteiger partial charge in [-0.1, -0.05) is 18.2 Å². The Hall–Kier alpha value is -1.87. The molecule has 0 amide bonds.